The lowest BCUT2D eigenvalue weighted by Crippen LogP contribution is -2.29. The number of thiocarbonyl (C=S) groups is 1. The zero-order valence-electron chi connectivity index (χ0n) is 16.2. The molecule has 0 spiro atoms. The molecule has 158 valence electrons. The SMILES string of the molecule is O=C(O)CCCCCCCCCCN1C(=O)C(=Cc2ccc(Cl)cc2Cl)SC1=S. The van der Waals surface area contributed by atoms with E-state index < -0.39 is 5.97 Å². The standard InChI is InChI=1S/C21H25Cl2NO3S2/c22-16-11-10-15(17(23)14-16)13-18-20(27)24(21(28)29-18)12-8-6-4-2-1-3-5-7-9-19(25)26/h10-11,13-14H,1-9,12H2,(H,25,26). The minimum absolute atomic E-state index is 0.0653. The molecule has 1 saturated heterocycles. The molecular formula is C21H25Cl2NO3S2. The quantitative estimate of drug-likeness (QED) is 0.205. The first-order valence-electron chi connectivity index (χ1n) is 9.80. The number of carbonyl (C=O) groups is 2. The first-order valence-corrected chi connectivity index (χ1v) is 11.8. The molecule has 1 aromatic carbocycles. The van der Waals surface area contributed by atoms with Crippen molar-refractivity contribution in [1.82, 2.24) is 4.90 Å². The molecule has 1 N–H and O–H groups in total. The first kappa shape index (κ1) is 24.2. The molecule has 1 heterocycles. The molecular weight excluding hydrogens is 449 g/mol. The minimum atomic E-state index is -0.716. The number of rotatable bonds is 12. The maximum atomic E-state index is 12.7. The van der Waals surface area contributed by atoms with Crippen LogP contribution in [0.25, 0.3) is 6.08 Å². The number of carboxylic acid groups (broad SMARTS) is 1. The Labute approximate surface area is 191 Å². The van der Waals surface area contributed by atoms with Gasteiger partial charge in [0, 0.05) is 23.0 Å². The molecule has 1 amide bonds. The van der Waals surface area contributed by atoms with Crippen LogP contribution >= 0.6 is 47.2 Å². The van der Waals surface area contributed by atoms with Crippen LogP contribution in [0.3, 0.4) is 0 Å². The van der Waals surface area contributed by atoms with Gasteiger partial charge in [0.1, 0.15) is 4.32 Å². The maximum absolute atomic E-state index is 12.7. The summed E-state index contributed by atoms with van der Waals surface area (Å²) in [7, 11) is 0. The van der Waals surface area contributed by atoms with Gasteiger partial charge in [-0.3, -0.25) is 14.5 Å². The number of unbranched alkanes of at least 4 members (excludes halogenated alkanes) is 7. The van der Waals surface area contributed by atoms with Crippen LogP contribution in [0.5, 0.6) is 0 Å². The van der Waals surface area contributed by atoms with Crippen molar-refractivity contribution in [2.75, 3.05) is 6.54 Å². The minimum Gasteiger partial charge on any atom is -0.481 e. The third-order valence-electron chi connectivity index (χ3n) is 4.65. The lowest BCUT2D eigenvalue weighted by Gasteiger charge is -2.14. The second-order valence-corrected chi connectivity index (χ2v) is 9.49. The van der Waals surface area contributed by atoms with Crippen molar-refractivity contribution < 1.29 is 14.7 Å². The Bertz CT molecular complexity index is 783. The molecule has 29 heavy (non-hydrogen) atoms. The third kappa shape index (κ3) is 8.28. The highest BCUT2D eigenvalue weighted by atomic mass is 35.5. The lowest BCUT2D eigenvalue weighted by molar-refractivity contribution is -0.137. The van der Waals surface area contributed by atoms with Crippen LogP contribution in [-0.4, -0.2) is 32.7 Å². The van der Waals surface area contributed by atoms with Gasteiger partial charge in [-0.2, -0.15) is 0 Å². The Hall–Kier alpha value is -1.08. The second-order valence-electron chi connectivity index (χ2n) is 6.97. The van der Waals surface area contributed by atoms with Gasteiger partial charge in [-0.25, -0.2) is 0 Å². The van der Waals surface area contributed by atoms with Crippen molar-refractivity contribution in [3.05, 3.63) is 38.7 Å². The molecule has 8 heteroatoms. The molecule has 1 fully saturated rings. The zero-order valence-corrected chi connectivity index (χ0v) is 19.3. The van der Waals surface area contributed by atoms with Gasteiger partial charge in [0.05, 0.1) is 4.91 Å². The largest absolute Gasteiger partial charge is 0.481 e. The number of hydrogen-bond acceptors (Lipinski definition) is 4. The van der Waals surface area contributed by atoms with Crippen LogP contribution in [0.1, 0.15) is 63.4 Å². The molecule has 1 aliphatic heterocycles. The van der Waals surface area contributed by atoms with Crippen molar-refractivity contribution >= 4 is 69.5 Å². The van der Waals surface area contributed by atoms with E-state index in [-0.39, 0.29) is 12.3 Å². The van der Waals surface area contributed by atoms with E-state index in [0.29, 0.717) is 25.8 Å². The number of halogens is 2. The summed E-state index contributed by atoms with van der Waals surface area (Å²) >= 11 is 18.8. The van der Waals surface area contributed by atoms with Gasteiger partial charge in [0.25, 0.3) is 5.91 Å². The van der Waals surface area contributed by atoms with E-state index in [4.69, 9.17) is 40.5 Å². The van der Waals surface area contributed by atoms with E-state index in [2.05, 4.69) is 0 Å². The molecule has 2 rings (SSSR count). The highest BCUT2D eigenvalue weighted by Crippen LogP contribution is 2.34. The van der Waals surface area contributed by atoms with E-state index in [1.165, 1.54) is 11.8 Å². The van der Waals surface area contributed by atoms with Gasteiger partial charge >= 0.3 is 5.97 Å². The molecule has 0 aromatic heterocycles. The van der Waals surface area contributed by atoms with Gasteiger partial charge < -0.3 is 5.11 Å². The Morgan fingerprint density at radius 2 is 1.69 bits per heavy atom. The van der Waals surface area contributed by atoms with Crippen LogP contribution in [0.4, 0.5) is 0 Å². The summed E-state index contributed by atoms with van der Waals surface area (Å²) in [6.45, 7) is 0.634. The molecule has 0 radical (unpaired) electrons. The summed E-state index contributed by atoms with van der Waals surface area (Å²) in [5.74, 6) is -0.781. The lowest BCUT2D eigenvalue weighted by atomic mass is 10.1. The van der Waals surface area contributed by atoms with Crippen molar-refractivity contribution in [3.8, 4) is 0 Å². The van der Waals surface area contributed by atoms with E-state index in [9.17, 15) is 9.59 Å². The summed E-state index contributed by atoms with van der Waals surface area (Å²) in [4.78, 5) is 25.4. The predicted octanol–water partition coefficient (Wildman–Crippen LogP) is 6.79. The number of nitrogens with zero attached hydrogens (tertiary/aromatic N) is 1. The van der Waals surface area contributed by atoms with Crippen molar-refractivity contribution in [2.24, 2.45) is 0 Å². The van der Waals surface area contributed by atoms with Crippen molar-refractivity contribution in [1.29, 1.82) is 0 Å². The van der Waals surface area contributed by atoms with E-state index in [0.717, 1.165) is 56.9 Å². The average molecular weight is 474 g/mol. The number of carbonyl (C=O) groups excluding carboxylic acids is 1. The highest BCUT2D eigenvalue weighted by Gasteiger charge is 2.31. The zero-order chi connectivity index (χ0) is 21.2. The summed E-state index contributed by atoms with van der Waals surface area (Å²) in [5.41, 5.74) is 0.750. The van der Waals surface area contributed by atoms with Gasteiger partial charge in [0.2, 0.25) is 0 Å². The topological polar surface area (TPSA) is 57.6 Å². The van der Waals surface area contributed by atoms with Gasteiger partial charge in [-0.15, -0.1) is 0 Å². The molecule has 0 saturated carbocycles. The van der Waals surface area contributed by atoms with E-state index >= 15 is 0 Å². The average Bonchev–Trinajstić information content (AvgIpc) is 2.92. The monoisotopic (exact) mass is 473 g/mol. The van der Waals surface area contributed by atoms with E-state index in [1.54, 1.807) is 29.2 Å². The molecule has 0 atom stereocenters. The Kier molecular flexibility index (Phi) is 10.5. The molecule has 0 unspecified atom stereocenters. The van der Waals surface area contributed by atoms with Crippen LogP contribution in [0.2, 0.25) is 10.0 Å². The Morgan fingerprint density at radius 3 is 2.31 bits per heavy atom. The second kappa shape index (κ2) is 12.6. The predicted molar refractivity (Wildman–Crippen MR) is 126 cm³/mol. The third-order valence-corrected chi connectivity index (χ3v) is 6.59. The normalized spacial score (nSPS) is 15.5. The summed E-state index contributed by atoms with van der Waals surface area (Å²) in [6.07, 6.45) is 10.2. The summed E-state index contributed by atoms with van der Waals surface area (Å²) < 4.78 is 0.588. The first-order chi connectivity index (χ1) is 13.9. The fourth-order valence-electron chi connectivity index (χ4n) is 3.06. The molecule has 0 aliphatic carbocycles. The number of benzene rings is 1. The molecule has 1 aromatic rings. The van der Waals surface area contributed by atoms with Crippen LogP contribution in [0.15, 0.2) is 23.1 Å². The van der Waals surface area contributed by atoms with Gasteiger partial charge in [-0.1, -0.05) is 91.8 Å². The molecule has 1 aliphatic rings. The summed E-state index contributed by atoms with van der Waals surface area (Å²) in [5, 5.41) is 9.66. The van der Waals surface area contributed by atoms with Gasteiger partial charge in [0.15, 0.2) is 0 Å². The highest BCUT2D eigenvalue weighted by molar-refractivity contribution is 8.26. The molecule has 0 bridgehead atoms. The number of hydrogen-bond donors (Lipinski definition) is 1. The van der Waals surface area contributed by atoms with E-state index in [1.807, 2.05) is 0 Å². The van der Waals surface area contributed by atoms with Crippen molar-refractivity contribution in [3.63, 3.8) is 0 Å². The van der Waals surface area contributed by atoms with Crippen LogP contribution < -0.4 is 0 Å². The number of thioether (sulfide) groups is 1. The van der Waals surface area contributed by atoms with Gasteiger partial charge in [-0.05, 0) is 36.6 Å². The van der Waals surface area contributed by atoms with Crippen molar-refractivity contribution in [2.45, 2.75) is 57.8 Å². The Morgan fingerprint density at radius 1 is 1.07 bits per heavy atom. The fraction of sp³-hybridized carbons (Fsp3) is 0.476. The smallest absolute Gasteiger partial charge is 0.303 e. The number of carboxylic acids is 1. The summed E-state index contributed by atoms with van der Waals surface area (Å²) in [6, 6.07) is 5.19. The van der Waals surface area contributed by atoms with Crippen LogP contribution in [0, 0.1) is 0 Å². The number of aliphatic carboxylic acids is 1. The molecule has 4 nitrogen and oxygen atoms in total. The fourth-order valence-corrected chi connectivity index (χ4v) is 4.82. The van der Waals surface area contributed by atoms with Crippen LogP contribution in [-0.2, 0) is 9.59 Å². The maximum Gasteiger partial charge on any atom is 0.303 e. The Balaban J connectivity index is 1.68. The number of amides is 1.